The van der Waals surface area contributed by atoms with Crippen molar-refractivity contribution in [3.8, 4) is 0 Å². The normalized spacial score (nSPS) is 19.9. The van der Waals surface area contributed by atoms with Gasteiger partial charge in [0.05, 0.1) is 6.04 Å². The number of amides is 1. The molecule has 4 heteroatoms. The first-order chi connectivity index (χ1) is 7.24. The van der Waals surface area contributed by atoms with Crippen molar-refractivity contribution in [3.05, 3.63) is 0 Å². The quantitative estimate of drug-likeness (QED) is 0.717. The lowest BCUT2D eigenvalue weighted by atomic mass is 10.1. The molecule has 1 heterocycles. The average molecular weight is 213 g/mol. The third kappa shape index (κ3) is 4.62. The van der Waals surface area contributed by atoms with Gasteiger partial charge < -0.3 is 5.73 Å². The first kappa shape index (κ1) is 12.5. The molecule has 3 N–H and O–H groups in total. The summed E-state index contributed by atoms with van der Waals surface area (Å²) in [7, 11) is 0. The molecule has 0 radical (unpaired) electrons. The summed E-state index contributed by atoms with van der Waals surface area (Å²) in [5, 5.41) is 2.00. The Kier molecular flexibility index (Phi) is 5.65. The number of nitrogens with two attached hydrogens (primary N) is 1. The number of hydrogen-bond acceptors (Lipinski definition) is 3. The minimum absolute atomic E-state index is 0.0228. The van der Waals surface area contributed by atoms with Gasteiger partial charge in [-0.05, 0) is 19.3 Å². The Morgan fingerprint density at radius 1 is 1.40 bits per heavy atom. The monoisotopic (exact) mass is 213 g/mol. The summed E-state index contributed by atoms with van der Waals surface area (Å²) >= 11 is 0. The molecule has 1 aliphatic heterocycles. The largest absolute Gasteiger partial charge is 0.320 e. The number of carbonyl (C=O) groups excluding carboxylic acids is 1. The first-order valence-electron chi connectivity index (χ1n) is 6.05. The van der Waals surface area contributed by atoms with Crippen molar-refractivity contribution in [2.24, 2.45) is 5.73 Å². The first-order valence-corrected chi connectivity index (χ1v) is 6.05. The molecule has 1 unspecified atom stereocenters. The molecule has 1 atom stereocenters. The maximum absolute atomic E-state index is 11.6. The van der Waals surface area contributed by atoms with E-state index < -0.39 is 0 Å². The highest BCUT2D eigenvalue weighted by Gasteiger charge is 2.17. The highest BCUT2D eigenvalue weighted by atomic mass is 16.2. The van der Waals surface area contributed by atoms with E-state index in [1.165, 1.54) is 19.3 Å². The van der Waals surface area contributed by atoms with Crippen LogP contribution >= 0.6 is 0 Å². The molecule has 88 valence electrons. The fourth-order valence-corrected chi connectivity index (χ4v) is 1.80. The van der Waals surface area contributed by atoms with Crippen LogP contribution in [-0.2, 0) is 4.79 Å². The van der Waals surface area contributed by atoms with E-state index in [9.17, 15) is 4.79 Å². The summed E-state index contributed by atoms with van der Waals surface area (Å²) in [6.07, 6.45) is 6.51. The van der Waals surface area contributed by atoms with E-state index in [0.29, 0.717) is 0 Å². The van der Waals surface area contributed by atoms with Crippen molar-refractivity contribution in [3.63, 3.8) is 0 Å². The minimum atomic E-state index is -0.341. The predicted octanol–water partition coefficient (Wildman–Crippen LogP) is 1.02. The van der Waals surface area contributed by atoms with Gasteiger partial charge in [0.2, 0.25) is 0 Å². The van der Waals surface area contributed by atoms with Crippen molar-refractivity contribution in [2.75, 3.05) is 13.1 Å². The van der Waals surface area contributed by atoms with Crippen LogP contribution in [0.25, 0.3) is 0 Å². The van der Waals surface area contributed by atoms with Crippen LogP contribution in [0.5, 0.6) is 0 Å². The molecule has 0 aromatic heterocycles. The Morgan fingerprint density at radius 2 is 2.07 bits per heavy atom. The van der Waals surface area contributed by atoms with Gasteiger partial charge in [-0.2, -0.15) is 0 Å². The third-order valence-electron chi connectivity index (χ3n) is 2.83. The zero-order valence-electron chi connectivity index (χ0n) is 9.67. The van der Waals surface area contributed by atoms with Gasteiger partial charge in [0.15, 0.2) is 0 Å². The Balaban J connectivity index is 2.20. The summed E-state index contributed by atoms with van der Waals surface area (Å²) in [6.45, 7) is 4.04. The zero-order valence-corrected chi connectivity index (χ0v) is 9.67. The Morgan fingerprint density at radius 3 is 2.67 bits per heavy atom. The number of nitrogens with one attached hydrogen (secondary N) is 1. The van der Waals surface area contributed by atoms with Gasteiger partial charge in [-0.25, -0.2) is 5.01 Å². The molecule has 0 aromatic rings. The van der Waals surface area contributed by atoms with E-state index in [4.69, 9.17) is 5.73 Å². The number of rotatable bonds is 5. The van der Waals surface area contributed by atoms with Crippen LogP contribution < -0.4 is 11.2 Å². The molecular formula is C11H23N3O. The second kappa shape index (κ2) is 6.80. The number of carbonyl (C=O) groups is 1. The Labute approximate surface area is 92.2 Å². The molecular weight excluding hydrogens is 190 g/mol. The molecule has 0 spiro atoms. The molecule has 0 aromatic carbocycles. The second-order valence-corrected chi connectivity index (χ2v) is 4.27. The molecule has 1 saturated heterocycles. The van der Waals surface area contributed by atoms with E-state index in [2.05, 4.69) is 12.3 Å². The van der Waals surface area contributed by atoms with E-state index >= 15 is 0 Å². The van der Waals surface area contributed by atoms with E-state index in [1.807, 2.05) is 5.01 Å². The van der Waals surface area contributed by atoms with Crippen LogP contribution in [0.4, 0.5) is 0 Å². The van der Waals surface area contributed by atoms with Gasteiger partial charge >= 0.3 is 0 Å². The van der Waals surface area contributed by atoms with Gasteiger partial charge in [-0.3, -0.25) is 10.2 Å². The van der Waals surface area contributed by atoms with Crippen molar-refractivity contribution in [1.82, 2.24) is 10.4 Å². The maximum Gasteiger partial charge on any atom is 0.251 e. The van der Waals surface area contributed by atoms with Gasteiger partial charge in [0.25, 0.3) is 5.91 Å². The lowest BCUT2D eigenvalue weighted by molar-refractivity contribution is -0.127. The highest BCUT2D eigenvalue weighted by Crippen LogP contribution is 2.06. The minimum Gasteiger partial charge on any atom is -0.320 e. The summed E-state index contributed by atoms with van der Waals surface area (Å²) in [4.78, 5) is 11.6. The average Bonchev–Trinajstić information content (AvgIpc) is 2.27. The topological polar surface area (TPSA) is 58.4 Å². The van der Waals surface area contributed by atoms with Crippen LogP contribution in [0, 0.1) is 0 Å². The molecule has 1 amide bonds. The summed E-state index contributed by atoms with van der Waals surface area (Å²) in [6, 6.07) is -0.341. The second-order valence-electron chi connectivity index (χ2n) is 4.27. The number of piperidine rings is 1. The van der Waals surface area contributed by atoms with E-state index in [1.54, 1.807) is 0 Å². The fourth-order valence-electron chi connectivity index (χ4n) is 1.80. The lowest BCUT2D eigenvalue weighted by Gasteiger charge is -2.28. The SMILES string of the molecule is CCCCC(N)C(=O)NN1CCCCC1. The van der Waals surface area contributed by atoms with E-state index in [-0.39, 0.29) is 11.9 Å². The smallest absolute Gasteiger partial charge is 0.251 e. The third-order valence-corrected chi connectivity index (χ3v) is 2.83. The van der Waals surface area contributed by atoms with Crippen LogP contribution in [0.1, 0.15) is 45.4 Å². The number of unbranched alkanes of at least 4 members (excludes halogenated alkanes) is 1. The summed E-state index contributed by atoms with van der Waals surface area (Å²) in [5.74, 6) is -0.0228. The molecule has 1 fully saturated rings. The molecule has 15 heavy (non-hydrogen) atoms. The fraction of sp³-hybridized carbons (Fsp3) is 0.909. The number of hydrazine groups is 1. The van der Waals surface area contributed by atoms with Crippen molar-refractivity contribution in [1.29, 1.82) is 0 Å². The van der Waals surface area contributed by atoms with Crippen molar-refractivity contribution < 1.29 is 4.79 Å². The highest BCUT2D eigenvalue weighted by molar-refractivity contribution is 5.80. The number of nitrogens with zero attached hydrogens (tertiary/aromatic N) is 1. The van der Waals surface area contributed by atoms with Gasteiger partial charge in [0.1, 0.15) is 0 Å². The van der Waals surface area contributed by atoms with Crippen LogP contribution in [0.3, 0.4) is 0 Å². The number of hydrogen-bond donors (Lipinski definition) is 2. The van der Waals surface area contributed by atoms with Crippen LogP contribution in [0.15, 0.2) is 0 Å². The molecule has 1 rings (SSSR count). The van der Waals surface area contributed by atoms with Gasteiger partial charge in [-0.1, -0.05) is 26.2 Å². The van der Waals surface area contributed by atoms with Gasteiger partial charge in [-0.15, -0.1) is 0 Å². The predicted molar refractivity (Wildman–Crippen MR) is 61.1 cm³/mol. The molecule has 1 aliphatic rings. The summed E-state index contributed by atoms with van der Waals surface area (Å²) in [5.41, 5.74) is 8.68. The van der Waals surface area contributed by atoms with Gasteiger partial charge in [0, 0.05) is 13.1 Å². The van der Waals surface area contributed by atoms with Crippen LogP contribution in [-0.4, -0.2) is 30.0 Å². The lowest BCUT2D eigenvalue weighted by Crippen LogP contribution is -2.51. The zero-order chi connectivity index (χ0) is 11.1. The molecule has 4 nitrogen and oxygen atoms in total. The molecule has 0 bridgehead atoms. The Hall–Kier alpha value is -0.610. The molecule has 0 saturated carbocycles. The van der Waals surface area contributed by atoms with Crippen molar-refractivity contribution in [2.45, 2.75) is 51.5 Å². The maximum atomic E-state index is 11.6. The van der Waals surface area contributed by atoms with E-state index in [0.717, 1.165) is 32.4 Å². The Bertz CT molecular complexity index is 190. The standard InChI is InChI=1S/C11H23N3O/c1-2-3-7-10(12)11(15)13-14-8-5-4-6-9-14/h10H,2-9,12H2,1H3,(H,13,15). The van der Waals surface area contributed by atoms with Crippen molar-refractivity contribution >= 4 is 5.91 Å². The van der Waals surface area contributed by atoms with Crippen LogP contribution in [0.2, 0.25) is 0 Å². The molecule has 0 aliphatic carbocycles. The summed E-state index contributed by atoms with van der Waals surface area (Å²) < 4.78 is 0.